The fraction of sp³-hybridized carbons (Fsp3) is 1.00. The second-order valence-electron chi connectivity index (χ2n) is 5.20. The van der Waals surface area contributed by atoms with Gasteiger partial charge in [-0.2, -0.15) is 0 Å². The van der Waals surface area contributed by atoms with Gasteiger partial charge in [0.1, 0.15) is 0 Å². The number of aliphatic hydroxyl groups excluding tert-OH is 1. The van der Waals surface area contributed by atoms with Crippen LogP contribution in [0, 0.1) is 5.92 Å². The molecule has 0 amide bonds. The van der Waals surface area contributed by atoms with E-state index < -0.39 is 0 Å². The Morgan fingerprint density at radius 3 is 2.69 bits per heavy atom. The molecule has 1 fully saturated rings. The Morgan fingerprint density at radius 1 is 1.38 bits per heavy atom. The maximum Gasteiger partial charge on any atom is 0.0613 e. The van der Waals surface area contributed by atoms with Gasteiger partial charge >= 0.3 is 0 Å². The predicted octanol–water partition coefficient (Wildman–Crippen LogP) is 1.60. The van der Waals surface area contributed by atoms with Crippen molar-refractivity contribution in [1.29, 1.82) is 0 Å². The van der Waals surface area contributed by atoms with Gasteiger partial charge in [0.2, 0.25) is 0 Å². The van der Waals surface area contributed by atoms with Crippen molar-refractivity contribution < 1.29 is 5.11 Å². The van der Waals surface area contributed by atoms with Crippen LogP contribution in [-0.4, -0.2) is 41.8 Å². The van der Waals surface area contributed by atoms with Crippen LogP contribution in [0.3, 0.4) is 0 Å². The summed E-state index contributed by atoms with van der Waals surface area (Å²) >= 11 is 0. The minimum absolute atomic E-state index is 0.150. The van der Waals surface area contributed by atoms with Crippen molar-refractivity contribution >= 4 is 0 Å². The predicted molar refractivity (Wildman–Crippen MR) is 68.4 cm³/mol. The quantitative estimate of drug-likeness (QED) is 0.696. The summed E-state index contributed by atoms with van der Waals surface area (Å²) in [4.78, 5) is 2.48. The summed E-state index contributed by atoms with van der Waals surface area (Å²) < 4.78 is 0. The van der Waals surface area contributed by atoms with Crippen LogP contribution in [0.25, 0.3) is 0 Å². The van der Waals surface area contributed by atoms with E-state index in [1.807, 2.05) is 0 Å². The molecular weight excluding hydrogens is 200 g/mol. The maximum atomic E-state index is 9.38. The molecule has 0 radical (unpaired) electrons. The Balaban J connectivity index is 2.36. The van der Waals surface area contributed by atoms with Gasteiger partial charge in [-0.05, 0) is 51.2 Å². The average molecular weight is 228 g/mol. The summed E-state index contributed by atoms with van der Waals surface area (Å²) in [5, 5.41) is 9.38. The Labute approximate surface area is 100 Å². The summed E-state index contributed by atoms with van der Waals surface area (Å²) in [6.07, 6.45) is 5.73. The lowest BCUT2D eigenvalue weighted by Crippen LogP contribution is -2.47. The fourth-order valence-corrected chi connectivity index (χ4v) is 2.89. The first kappa shape index (κ1) is 13.9. The number of nitrogens with two attached hydrogens (primary N) is 1. The van der Waals surface area contributed by atoms with Crippen molar-refractivity contribution in [3.63, 3.8) is 0 Å². The van der Waals surface area contributed by atoms with E-state index in [-0.39, 0.29) is 12.1 Å². The average Bonchev–Trinajstić information content (AvgIpc) is 2.67. The van der Waals surface area contributed by atoms with Crippen LogP contribution in [-0.2, 0) is 0 Å². The SMILES string of the molecule is CCCN(CC)CCC1CCCC1(N)CO. The number of nitrogens with zero attached hydrogens (tertiary/aromatic N) is 1. The first-order chi connectivity index (χ1) is 7.66. The Bertz CT molecular complexity index is 198. The Morgan fingerprint density at radius 2 is 2.12 bits per heavy atom. The lowest BCUT2D eigenvalue weighted by molar-refractivity contribution is 0.144. The zero-order valence-corrected chi connectivity index (χ0v) is 10.9. The van der Waals surface area contributed by atoms with E-state index in [9.17, 15) is 5.11 Å². The largest absolute Gasteiger partial charge is 0.394 e. The molecule has 2 atom stereocenters. The van der Waals surface area contributed by atoms with E-state index in [4.69, 9.17) is 5.73 Å². The molecule has 16 heavy (non-hydrogen) atoms. The van der Waals surface area contributed by atoms with E-state index in [0.717, 1.165) is 25.9 Å². The highest BCUT2D eigenvalue weighted by molar-refractivity contribution is 4.96. The summed E-state index contributed by atoms with van der Waals surface area (Å²) in [5.41, 5.74) is 5.95. The van der Waals surface area contributed by atoms with Crippen LogP contribution >= 0.6 is 0 Å². The summed E-state index contributed by atoms with van der Waals surface area (Å²) in [6.45, 7) is 8.02. The monoisotopic (exact) mass is 228 g/mol. The molecule has 1 aliphatic carbocycles. The first-order valence-corrected chi connectivity index (χ1v) is 6.78. The van der Waals surface area contributed by atoms with Crippen molar-refractivity contribution in [2.45, 2.75) is 51.5 Å². The molecule has 0 aromatic heterocycles. The lowest BCUT2D eigenvalue weighted by Gasteiger charge is -2.31. The Kier molecular flexibility index (Phi) is 5.73. The van der Waals surface area contributed by atoms with Gasteiger partial charge in [0.05, 0.1) is 6.61 Å². The fourth-order valence-electron chi connectivity index (χ4n) is 2.89. The third-order valence-corrected chi connectivity index (χ3v) is 4.08. The normalized spacial score (nSPS) is 30.2. The molecule has 3 heteroatoms. The van der Waals surface area contributed by atoms with Gasteiger partial charge in [0.15, 0.2) is 0 Å². The molecule has 3 N–H and O–H groups in total. The van der Waals surface area contributed by atoms with E-state index >= 15 is 0 Å². The van der Waals surface area contributed by atoms with Crippen LogP contribution in [0.1, 0.15) is 46.0 Å². The topological polar surface area (TPSA) is 49.5 Å². The van der Waals surface area contributed by atoms with Crippen LogP contribution in [0.2, 0.25) is 0 Å². The number of aliphatic hydroxyl groups is 1. The van der Waals surface area contributed by atoms with Gasteiger partial charge in [-0.3, -0.25) is 0 Å². The lowest BCUT2D eigenvalue weighted by atomic mass is 9.86. The second-order valence-corrected chi connectivity index (χ2v) is 5.20. The van der Waals surface area contributed by atoms with Crippen LogP contribution in [0.5, 0.6) is 0 Å². The molecule has 0 aromatic rings. The highest BCUT2D eigenvalue weighted by Crippen LogP contribution is 2.35. The summed E-state index contributed by atoms with van der Waals surface area (Å²) in [7, 11) is 0. The molecule has 1 rings (SSSR count). The second kappa shape index (κ2) is 6.58. The molecule has 0 saturated heterocycles. The maximum absolute atomic E-state index is 9.38. The van der Waals surface area contributed by atoms with E-state index in [0.29, 0.717) is 5.92 Å². The van der Waals surface area contributed by atoms with Crippen molar-refractivity contribution in [3.8, 4) is 0 Å². The molecule has 0 spiro atoms. The van der Waals surface area contributed by atoms with Crippen molar-refractivity contribution in [3.05, 3.63) is 0 Å². The molecule has 96 valence electrons. The third-order valence-electron chi connectivity index (χ3n) is 4.08. The molecule has 0 aromatic carbocycles. The van der Waals surface area contributed by atoms with Crippen LogP contribution in [0.15, 0.2) is 0 Å². The first-order valence-electron chi connectivity index (χ1n) is 6.78. The summed E-state index contributed by atoms with van der Waals surface area (Å²) in [5.74, 6) is 0.517. The van der Waals surface area contributed by atoms with Gasteiger partial charge in [0.25, 0.3) is 0 Å². The molecular formula is C13H28N2O. The molecule has 0 aliphatic heterocycles. The molecule has 2 unspecified atom stereocenters. The molecule has 1 aliphatic rings. The van der Waals surface area contributed by atoms with Crippen molar-refractivity contribution in [1.82, 2.24) is 4.90 Å². The highest BCUT2D eigenvalue weighted by Gasteiger charge is 2.38. The van der Waals surface area contributed by atoms with E-state index in [1.165, 1.54) is 25.8 Å². The number of rotatable bonds is 7. The minimum Gasteiger partial charge on any atom is -0.394 e. The number of hydrogen-bond acceptors (Lipinski definition) is 3. The van der Waals surface area contributed by atoms with Crippen LogP contribution in [0.4, 0.5) is 0 Å². The van der Waals surface area contributed by atoms with Crippen molar-refractivity contribution in [2.75, 3.05) is 26.2 Å². The molecule has 3 nitrogen and oxygen atoms in total. The minimum atomic E-state index is -0.286. The smallest absolute Gasteiger partial charge is 0.0613 e. The third kappa shape index (κ3) is 3.44. The van der Waals surface area contributed by atoms with Gasteiger partial charge in [0, 0.05) is 5.54 Å². The Hall–Kier alpha value is -0.120. The van der Waals surface area contributed by atoms with Gasteiger partial charge in [-0.1, -0.05) is 20.3 Å². The van der Waals surface area contributed by atoms with E-state index in [1.54, 1.807) is 0 Å². The molecule has 1 saturated carbocycles. The van der Waals surface area contributed by atoms with Crippen molar-refractivity contribution in [2.24, 2.45) is 11.7 Å². The van der Waals surface area contributed by atoms with Gasteiger partial charge < -0.3 is 15.7 Å². The van der Waals surface area contributed by atoms with Gasteiger partial charge in [-0.15, -0.1) is 0 Å². The zero-order valence-electron chi connectivity index (χ0n) is 10.9. The van der Waals surface area contributed by atoms with Crippen LogP contribution < -0.4 is 5.73 Å². The zero-order chi connectivity index (χ0) is 12.0. The van der Waals surface area contributed by atoms with Gasteiger partial charge in [-0.25, -0.2) is 0 Å². The standard InChI is InChI=1S/C13H28N2O/c1-3-9-15(4-2)10-7-12-6-5-8-13(12,14)11-16/h12,16H,3-11,14H2,1-2H3. The number of hydrogen-bond donors (Lipinski definition) is 2. The molecule has 0 heterocycles. The highest BCUT2D eigenvalue weighted by atomic mass is 16.3. The summed E-state index contributed by atoms with van der Waals surface area (Å²) in [6, 6.07) is 0. The molecule has 0 bridgehead atoms. The van der Waals surface area contributed by atoms with E-state index in [2.05, 4.69) is 18.7 Å².